The quantitative estimate of drug-likeness (QED) is 0.267. The Morgan fingerprint density at radius 2 is 1.10 bits per heavy atom. The summed E-state index contributed by atoms with van der Waals surface area (Å²) in [6, 6.07) is 42.2. The van der Waals surface area contributed by atoms with Gasteiger partial charge in [-0.2, -0.15) is 0 Å². The fraction of sp³-hybridized carbons (Fsp3) is 0. The number of benzene rings is 5. The Morgan fingerprint density at radius 1 is 0.487 bits per heavy atom. The number of aromatic nitrogens is 5. The van der Waals surface area contributed by atoms with Gasteiger partial charge in [-0.3, -0.25) is 13.9 Å². The van der Waals surface area contributed by atoms with Gasteiger partial charge in [0.25, 0.3) is 5.56 Å². The smallest absolute Gasteiger partial charge is 0.267 e. The zero-order valence-electron chi connectivity index (χ0n) is 20.8. The first-order chi connectivity index (χ1) is 19.3. The number of hydrogen-bond donors (Lipinski definition) is 0. The van der Waals surface area contributed by atoms with Gasteiger partial charge in [0.2, 0.25) is 5.78 Å². The van der Waals surface area contributed by atoms with E-state index in [1.165, 1.54) is 0 Å². The molecule has 8 aromatic rings. The lowest BCUT2D eigenvalue weighted by atomic mass is 10.1. The molecule has 0 atom stereocenters. The van der Waals surface area contributed by atoms with Crippen LogP contribution in [-0.4, -0.2) is 23.5 Å². The molecule has 5 aromatic carbocycles. The molecule has 0 N–H and O–H groups in total. The second-order valence-corrected chi connectivity index (χ2v) is 9.54. The summed E-state index contributed by atoms with van der Waals surface area (Å²) in [5, 5.41) is 0.605. The van der Waals surface area contributed by atoms with Crippen molar-refractivity contribution >= 4 is 38.7 Å². The summed E-state index contributed by atoms with van der Waals surface area (Å²) >= 11 is 0. The average molecular weight is 504 g/mol. The Hall–Kier alpha value is -5.49. The van der Waals surface area contributed by atoms with E-state index < -0.39 is 0 Å². The van der Waals surface area contributed by atoms with Crippen LogP contribution < -0.4 is 5.56 Å². The Balaban J connectivity index is 1.36. The summed E-state index contributed by atoms with van der Waals surface area (Å²) < 4.78 is 5.95. The number of fused-ring (bicyclic) bond motifs is 5. The molecular weight excluding hydrogens is 482 g/mol. The molecule has 6 heteroatoms. The topological polar surface area (TPSA) is 57.1 Å². The zero-order chi connectivity index (χ0) is 25.9. The molecular formula is C33H21N5O. The third-order valence-electron chi connectivity index (χ3n) is 7.28. The summed E-state index contributed by atoms with van der Waals surface area (Å²) in [5.74, 6) is 1.46. The lowest BCUT2D eigenvalue weighted by Crippen LogP contribution is -2.15. The molecule has 0 saturated heterocycles. The third kappa shape index (κ3) is 3.18. The first-order valence-electron chi connectivity index (χ1n) is 12.8. The monoisotopic (exact) mass is 503 g/mol. The normalized spacial score (nSPS) is 11.7. The number of nitrogens with zero attached hydrogens (tertiary/aromatic N) is 5. The maximum Gasteiger partial charge on any atom is 0.267 e. The van der Waals surface area contributed by atoms with E-state index in [2.05, 4.69) is 47.0 Å². The maximum atomic E-state index is 13.5. The first kappa shape index (κ1) is 21.6. The van der Waals surface area contributed by atoms with E-state index in [0.717, 1.165) is 44.8 Å². The van der Waals surface area contributed by atoms with Crippen LogP contribution in [0.4, 0.5) is 0 Å². The number of para-hydroxylation sites is 6. The molecule has 0 spiro atoms. The van der Waals surface area contributed by atoms with Gasteiger partial charge in [-0.1, -0.05) is 54.6 Å². The predicted molar refractivity (Wildman–Crippen MR) is 156 cm³/mol. The van der Waals surface area contributed by atoms with Crippen molar-refractivity contribution in [2.75, 3.05) is 0 Å². The van der Waals surface area contributed by atoms with Crippen LogP contribution in [0.1, 0.15) is 0 Å². The second-order valence-electron chi connectivity index (χ2n) is 9.54. The lowest BCUT2D eigenvalue weighted by molar-refractivity contribution is 1.05. The minimum absolute atomic E-state index is 0.0706. The minimum Gasteiger partial charge on any atom is -0.292 e. The summed E-state index contributed by atoms with van der Waals surface area (Å²) in [6.07, 6.45) is 0. The van der Waals surface area contributed by atoms with Crippen LogP contribution in [0.5, 0.6) is 0 Å². The van der Waals surface area contributed by atoms with Gasteiger partial charge in [-0.15, -0.1) is 0 Å². The lowest BCUT2D eigenvalue weighted by Gasteiger charge is -2.11. The van der Waals surface area contributed by atoms with Gasteiger partial charge >= 0.3 is 0 Å². The van der Waals surface area contributed by atoms with Crippen LogP contribution in [-0.2, 0) is 0 Å². The van der Waals surface area contributed by atoms with E-state index in [4.69, 9.17) is 9.97 Å². The molecule has 6 nitrogen and oxygen atoms in total. The van der Waals surface area contributed by atoms with Gasteiger partial charge in [0.15, 0.2) is 0 Å². The van der Waals surface area contributed by atoms with Crippen molar-refractivity contribution < 1.29 is 0 Å². The minimum atomic E-state index is -0.0706. The summed E-state index contributed by atoms with van der Waals surface area (Å²) in [5.41, 5.74) is 7.32. The highest BCUT2D eigenvalue weighted by Gasteiger charge is 2.18. The van der Waals surface area contributed by atoms with Crippen LogP contribution in [0, 0.1) is 0 Å². The van der Waals surface area contributed by atoms with Crippen molar-refractivity contribution in [3.63, 3.8) is 0 Å². The summed E-state index contributed by atoms with van der Waals surface area (Å²) in [6.45, 7) is 0. The molecule has 3 aromatic heterocycles. The maximum absolute atomic E-state index is 13.5. The standard InChI is InChI=1S/C33H21N5O/c39-32-25-12-4-5-13-26(25)35-33-37(29-16-8-9-17-30(29)38(32)33)24-20-18-22(19-21-24)31-34-27-14-6-7-15-28(27)36(31)23-10-2-1-3-11-23/h1-21H. The SMILES string of the molecule is O=c1c2ccccc2nc2n(-c3ccc(-c4nc5ccccc5n4-c4ccccc4)cc3)c3ccccc3n12. The Bertz CT molecular complexity index is 2240. The van der Waals surface area contributed by atoms with Crippen LogP contribution in [0.3, 0.4) is 0 Å². The van der Waals surface area contributed by atoms with Crippen LogP contribution in [0.2, 0.25) is 0 Å². The number of imidazole rings is 2. The summed E-state index contributed by atoms with van der Waals surface area (Å²) in [4.78, 5) is 23.5. The van der Waals surface area contributed by atoms with E-state index in [1.807, 2.05) is 89.5 Å². The van der Waals surface area contributed by atoms with Gasteiger partial charge < -0.3 is 0 Å². The van der Waals surface area contributed by atoms with Crippen molar-refractivity contribution in [3.05, 3.63) is 138 Å². The van der Waals surface area contributed by atoms with Gasteiger partial charge in [-0.05, 0) is 72.8 Å². The van der Waals surface area contributed by atoms with Gasteiger partial charge in [0, 0.05) is 16.9 Å². The molecule has 0 radical (unpaired) electrons. The van der Waals surface area contributed by atoms with Crippen molar-refractivity contribution in [2.24, 2.45) is 0 Å². The largest absolute Gasteiger partial charge is 0.292 e. The average Bonchev–Trinajstić information content (AvgIpc) is 3.54. The Labute approximate surface area is 222 Å². The second kappa shape index (κ2) is 8.26. The van der Waals surface area contributed by atoms with Crippen LogP contribution in [0.15, 0.2) is 132 Å². The fourth-order valence-corrected chi connectivity index (χ4v) is 5.51. The fourth-order valence-electron chi connectivity index (χ4n) is 5.51. The molecule has 0 saturated carbocycles. The van der Waals surface area contributed by atoms with Crippen LogP contribution >= 0.6 is 0 Å². The van der Waals surface area contributed by atoms with Gasteiger partial charge in [0.1, 0.15) is 5.82 Å². The third-order valence-corrected chi connectivity index (χ3v) is 7.28. The highest BCUT2D eigenvalue weighted by molar-refractivity contribution is 5.88. The highest BCUT2D eigenvalue weighted by atomic mass is 16.1. The molecule has 0 unspecified atom stereocenters. The van der Waals surface area contributed by atoms with Crippen molar-refractivity contribution in [1.82, 2.24) is 23.5 Å². The summed E-state index contributed by atoms with van der Waals surface area (Å²) in [7, 11) is 0. The van der Waals surface area contributed by atoms with Crippen LogP contribution in [0.25, 0.3) is 61.5 Å². The van der Waals surface area contributed by atoms with E-state index >= 15 is 0 Å². The van der Waals surface area contributed by atoms with E-state index in [0.29, 0.717) is 16.7 Å². The zero-order valence-corrected chi connectivity index (χ0v) is 20.8. The molecule has 8 rings (SSSR count). The van der Waals surface area contributed by atoms with E-state index in [9.17, 15) is 4.79 Å². The van der Waals surface area contributed by atoms with Gasteiger partial charge in [0.05, 0.1) is 33.0 Å². The molecule has 0 bridgehead atoms. The van der Waals surface area contributed by atoms with E-state index in [-0.39, 0.29) is 5.56 Å². The number of hydrogen-bond acceptors (Lipinski definition) is 3. The van der Waals surface area contributed by atoms with Crippen molar-refractivity contribution in [2.45, 2.75) is 0 Å². The molecule has 3 heterocycles. The first-order valence-corrected chi connectivity index (χ1v) is 12.8. The molecule has 0 amide bonds. The molecule has 0 aliphatic carbocycles. The van der Waals surface area contributed by atoms with Gasteiger partial charge in [-0.25, -0.2) is 14.4 Å². The highest BCUT2D eigenvalue weighted by Crippen LogP contribution is 2.30. The number of rotatable bonds is 3. The van der Waals surface area contributed by atoms with E-state index in [1.54, 1.807) is 4.40 Å². The molecule has 184 valence electrons. The Morgan fingerprint density at radius 3 is 1.90 bits per heavy atom. The Kier molecular flexibility index (Phi) is 4.57. The van der Waals surface area contributed by atoms with Crippen molar-refractivity contribution in [3.8, 4) is 22.8 Å². The van der Waals surface area contributed by atoms with Crippen molar-refractivity contribution in [1.29, 1.82) is 0 Å². The molecule has 0 aliphatic rings. The molecule has 39 heavy (non-hydrogen) atoms. The molecule has 0 aliphatic heterocycles. The molecule has 0 fully saturated rings. The predicted octanol–water partition coefficient (Wildman–Crippen LogP) is 6.80.